The zero-order valence-electron chi connectivity index (χ0n) is 11.3. The number of rotatable bonds is 6. The minimum Gasteiger partial charge on any atom is -0.397 e. The molecule has 0 saturated carbocycles. The zero-order valence-corrected chi connectivity index (χ0v) is 11.3. The fourth-order valence-corrected chi connectivity index (χ4v) is 1.78. The lowest BCUT2D eigenvalue weighted by atomic mass is 10.1. The first kappa shape index (κ1) is 13.9. The molecule has 0 atom stereocenters. The molecular weight excluding hydrogens is 256 g/mol. The second-order valence-corrected chi connectivity index (χ2v) is 4.25. The number of anilines is 2. The molecule has 20 heavy (non-hydrogen) atoms. The first-order valence-electron chi connectivity index (χ1n) is 6.46. The van der Waals surface area contributed by atoms with Crippen molar-refractivity contribution in [2.45, 2.75) is 13.5 Å². The van der Waals surface area contributed by atoms with Gasteiger partial charge in [0.1, 0.15) is 0 Å². The van der Waals surface area contributed by atoms with E-state index in [2.05, 4.69) is 20.9 Å². The minimum atomic E-state index is -0.117. The van der Waals surface area contributed by atoms with E-state index in [1.54, 1.807) is 35.3 Å². The van der Waals surface area contributed by atoms with Gasteiger partial charge >= 0.3 is 0 Å². The molecule has 0 unspecified atom stereocenters. The van der Waals surface area contributed by atoms with Crippen LogP contribution in [-0.4, -0.2) is 34.0 Å². The summed E-state index contributed by atoms with van der Waals surface area (Å²) < 4.78 is 1.73. The zero-order chi connectivity index (χ0) is 14.4. The maximum atomic E-state index is 11.7. The summed E-state index contributed by atoms with van der Waals surface area (Å²) in [5.41, 5.74) is 7.85. The molecule has 106 valence electrons. The number of nitrogens with one attached hydrogen (secondary N) is 2. The SMILES string of the molecule is CCNC(=O)c1ccc(NCCn2ccnn2)c(N)c1. The van der Waals surface area contributed by atoms with Crippen LogP contribution in [0.4, 0.5) is 11.4 Å². The number of carbonyl (C=O) groups is 1. The van der Waals surface area contributed by atoms with Gasteiger partial charge in [0.15, 0.2) is 0 Å². The number of carbonyl (C=O) groups excluding carboxylic acids is 1. The third-order valence-corrected chi connectivity index (χ3v) is 2.78. The quantitative estimate of drug-likeness (QED) is 0.674. The smallest absolute Gasteiger partial charge is 0.251 e. The molecular formula is C13H18N6O. The van der Waals surface area contributed by atoms with E-state index in [9.17, 15) is 4.79 Å². The van der Waals surface area contributed by atoms with Crippen molar-refractivity contribution in [3.63, 3.8) is 0 Å². The van der Waals surface area contributed by atoms with Gasteiger partial charge in [0, 0.05) is 24.8 Å². The standard InChI is InChI=1S/C13H18N6O/c1-2-15-13(20)10-3-4-12(11(14)9-10)16-5-7-19-8-6-17-18-19/h3-4,6,8-9,16H,2,5,7,14H2,1H3,(H,15,20). The van der Waals surface area contributed by atoms with Crippen molar-refractivity contribution >= 4 is 17.3 Å². The van der Waals surface area contributed by atoms with E-state index >= 15 is 0 Å². The van der Waals surface area contributed by atoms with Gasteiger partial charge < -0.3 is 16.4 Å². The van der Waals surface area contributed by atoms with Crippen LogP contribution in [-0.2, 0) is 6.54 Å². The number of nitrogens with two attached hydrogens (primary N) is 1. The second-order valence-electron chi connectivity index (χ2n) is 4.25. The van der Waals surface area contributed by atoms with Crippen LogP contribution in [0.2, 0.25) is 0 Å². The number of nitrogens with zero attached hydrogens (tertiary/aromatic N) is 3. The molecule has 1 aromatic carbocycles. The number of hydrogen-bond donors (Lipinski definition) is 3. The maximum absolute atomic E-state index is 11.7. The van der Waals surface area contributed by atoms with Crippen LogP contribution in [0, 0.1) is 0 Å². The van der Waals surface area contributed by atoms with Crippen LogP contribution < -0.4 is 16.4 Å². The van der Waals surface area contributed by atoms with Crippen molar-refractivity contribution in [3.8, 4) is 0 Å². The average molecular weight is 274 g/mol. The van der Waals surface area contributed by atoms with E-state index in [0.29, 0.717) is 30.9 Å². The first-order chi connectivity index (χ1) is 9.70. The van der Waals surface area contributed by atoms with Gasteiger partial charge in [-0.1, -0.05) is 5.21 Å². The lowest BCUT2D eigenvalue weighted by Crippen LogP contribution is -2.22. The van der Waals surface area contributed by atoms with Crippen molar-refractivity contribution in [2.75, 3.05) is 24.1 Å². The van der Waals surface area contributed by atoms with E-state index in [4.69, 9.17) is 5.73 Å². The summed E-state index contributed by atoms with van der Waals surface area (Å²) in [7, 11) is 0. The van der Waals surface area contributed by atoms with Gasteiger partial charge in [-0.2, -0.15) is 0 Å². The molecule has 1 heterocycles. The Labute approximate surface area is 117 Å². The highest BCUT2D eigenvalue weighted by Gasteiger charge is 2.06. The van der Waals surface area contributed by atoms with Crippen LogP contribution in [0.5, 0.6) is 0 Å². The largest absolute Gasteiger partial charge is 0.397 e. The molecule has 0 bridgehead atoms. The predicted octanol–water partition coefficient (Wildman–Crippen LogP) is 0.722. The van der Waals surface area contributed by atoms with Crippen LogP contribution in [0.1, 0.15) is 17.3 Å². The van der Waals surface area contributed by atoms with Gasteiger partial charge in [-0.15, -0.1) is 5.10 Å². The number of amides is 1. The van der Waals surface area contributed by atoms with Gasteiger partial charge in [0.25, 0.3) is 5.91 Å². The molecule has 0 fully saturated rings. The predicted molar refractivity (Wildman–Crippen MR) is 77.4 cm³/mol. The lowest BCUT2D eigenvalue weighted by molar-refractivity contribution is 0.0956. The highest BCUT2D eigenvalue weighted by atomic mass is 16.1. The molecule has 1 aromatic heterocycles. The van der Waals surface area contributed by atoms with Gasteiger partial charge in [0.2, 0.25) is 0 Å². The van der Waals surface area contributed by atoms with E-state index in [-0.39, 0.29) is 5.91 Å². The van der Waals surface area contributed by atoms with E-state index in [0.717, 1.165) is 5.69 Å². The summed E-state index contributed by atoms with van der Waals surface area (Å²) in [5, 5.41) is 13.5. The van der Waals surface area contributed by atoms with Crippen molar-refractivity contribution in [1.29, 1.82) is 0 Å². The molecule has 0 saturated heterocycles. The average Bonchev–Trinajstić information content (AvgIpc) is 2.94. The van der Waals surface area contributed by atoms with Gasteiger partial charge in [-0.05, 0) is 25.1 Å². The second kappa shape index (κ2) is 6.55. The highest BCUT2D eigenvalue weighted by Crippen LogP contribution is 2.19. The van der Waals surface area contributed by atoms with Crippen LogP contribution in [0.3, 0.4) is 0 Å². The number of aromatic nitrogens is 3. The van der Waals surface area contributed by atoms with Crippen LogP contribution in [0.25, 0.3) is 0 Å². The van der Waals surface area contributed by atoms with E-state index in [1.165, 1.54) is 0 Å². The van der Waals surface area contributed by atoms with Gasteiger partial charge in [0.05, 0.1) is 24.1 Å². The third kappa shape index (κ3) is 3.47. The Bertz CT molecular complexity index is 566. The fourth-order valence-electron chi connectivity index (χ4n) is 1.78. The molecule has 2 aromatic rings. The molecule has 4 N–H and O–H groups in total. The summed E-state index contributed by atoms with van der Waals surface area (Å²) in [6.45, 7) is 3.84. The normalized spacial score (nSPS) is 10.2. The highest BCUT2D eigenvalue weighted by molar-refractivity contribution is 5.96. The molecule has 0 aliphatic heterocycles. The summed E-state index contributed by atoms with van der Waals surface area (Å²) in [4.78, 5) is 11.7. The Morgan fingerprint density at radius 2 is 2.30 bits per heavy atom. The maximum Gasteiger partial charge on any atom is 0.251 e. The molecule has 2 rings (SSSR count). The lowest BCUT2D eigenvalue weighted by Gasteiger charge is -2.10. The number of nitrogen functional groups attached to an aromatic ring is 1. The molecule has 7 nitrogen and oxygen atoms in total. The topological polar surface area (TPSA) is 97.9 Å². The Kier molecular flexibility index (Phi) is 4.54. The monoisotopic (exact) mass is 274 g/mol. The summed E-state index contributed by atoms with van der Waals surface area (Å²) in [6.07, 6.45) is 3.43. The minimum absolute atomic E-state index is 0.117. The van der Waals surface area contributed by atoms with Crippen molar-refractivity contribution in [3.05, 3.63) is 36.2 Å². The van der Waals surface area contributed by atoms with Gasteiger partial charge in [-0.3, -0.25) is 9.48 Å². The molecule has 0 spiro atoms. The molecule has 0 aliphatic carbocycles. The van der Waals surface area contributed by atoms with E-state index < -0.39 is 0 Å². The molecule has 0 radical (unpaired) electrons. The Hall–Kier alpha value is -2.57. The summed E-state index contributed by atoms with van der Waals surface area (Å²) in [5.74, 6) is -0.117. The van der Waals surface area contributed by atoms with Crippen LogP contribution in [0.15, 0.2) is 30.6 Å². The molecule has 0 aliphatic rings. The Morgan fingerprint density at radius 1 is 1.45 bits per heavy atom. The molecule has 7 heteroatoms. The molecule has 1 amide bonds. The third-order valence-electron chi connectivity index (χ3n) is 2.78. The number of benzene rings is 1. The summed E-state index contributed by atoms with van der Waals surface area (Å²) in [6, 6.07) is 5.23. The van der Waals surface area contributed by atoms with E-state index in [1.807, 2.05) is 6.92 Å². The number of hydrogen-bond acceptors (Lipinski definition) is 5. The van der Waals surface area contributed by atoms with Crippen molar-refractivity contribution in [2.24, 2.45) is 0 Å². The van der Waals surface area contributed by atoms with Crippen molar-refractivity contribution in [1.82, 2.24) is 20.3 Å². The first-order valence-corrected chi connectivity index (χ1v) is 6.46. The fraction of sp³-hybridized carbons (Fsp3) is 0.308. The Morgan fingerprint density at radius 3 is 2.95 bits per heavy atom. The van der Waals surface area contributed by atoms with Crippen molar-refractivity contribution < 1.29 is 4.79 Å². The summed E-state index contributed by atoms with van der Waals surface area (Å²) >= 11 is 0. The van der Waals surface area contributed by atoms with Crippen LogP contribution >= 0.6 is 0 Å². The Balaban J connectivity index is 1.93. The van der Waals surface area contributed by atoms with Gasteiger partial charge in [-0.25, -0.2) is 0 Å².